The molecule has 1 aliphatic carbocycles. The van der Waals surface area contributed by atoms with Crippen molar-refractivity contribution in [3.05, 3.63) is 41.9 Å². The first-order chi connectivity index (χ1) is 13.4. The van der Waals surface area contributed by atoms with Crippen LogP contribution in [0.25, 0.3) is 11.3 Å². The van der Waals surface area contributed by atoms with Crippen LogP contribution < -0.4 is 4.72 Å². The van der Waals surface area contributed by atoms with Crippen molar-refractivity contribution in [3.63, 3.8) is 0 Å². The van der Waals surface area contributed by atoms with E-state index in [1.807, 2.05) is 0 Å². The smallest absolute Gasteiger partial charge is 0.348 e. The zero-order valence-corrected chi connectivity index (χ0v) is 17.5. The van der Waals surface area contributed by atoms with Crippen LogP contribution in [0, 0.1) is 0 Å². The van der Waals surface area contributed by atoms with E-state index < -0.39 is 26.5 Å². The molecule has 5 nitrogen and oxygen atoms in total. The summed E-state index contributed by atoms with van der Waals surface area (Å²) >= 11 is 0. The molecule has 1 fully saturated rings. The summed E-state index contributed by atoms with van der Waals surface area (Å²) in [6, 6.07) is 5.01. The molecule has 29 heavy (non-hydrogen) atoms. The van der Waals surface area contributed by atoms with Gasteiger partial charge in [0.1, 0.15) is 5.82 Å². The Morgan fingerprint density at radius 1 is 1.10 bits per heavy atom. The molecule has 1 aromatic heterocycles. The van der Waals surface area contributed by atoms with E-state index in [0.717, 1.165) is 30.8 Å². The fraction of sp³-hybridized carbons (Fsp3) is 0.550. The molecule has 0 bridgehead atoms. The largest absolute Gasteiger partial charge is 0.416 e. The topological polar surface area (TPSA) is 74.8 Å². The van der Waals surface area contributed by atoms with Crippen molar-refractivity contribution < 1.29 is 21.6 Å². The number of nitrogens with one attached hydrogen (secondary N) is 2. The number of imidazole rings is 1. The lowest BCUT2D eigenvalue weighted by molar-refractivity contribution is -0.137. The van der Waals surface area contributed by atoms with E-state index in [1.165, 1.54) is 6.07 Å². The van der Waals surface area contributed by atoms with Crippen molar-refractivity contribution in [2.45, 2.75) is 69.3 Å². The van der Waals surface area contributed by atoms with Gasteiger partial charge in [0.05, 0.1) is 16.0 Å². The maximum Gasteiger partial charge on any atom is 0.416 e. The first kappa shape index (κ1) is 21.8. The minimum Gasteiger partial charge on any atom is -0.348 e. The maximum absolute atomic E-state index is 12.9. The zero-order valence-electron chi connectivity index (χ0n) is 16.7. The predicted molar refractivity (Wildman–Crippen MR) is 106 cm³/mol. The highest BCUT2D eigenvalue weighted by molar-refractivity contribution is 7.90. The normalized spacial score (nSPS) is 21.3. The number of alkyl halides is 3. The van der Waals surface area contributed by atoms with Crippen molar-refractivity contribution >= 4 is 10.0 Å². The molecule has 1 aliphatic rings. The molecule has 9 heteroatoms. The minimum absolute atomic E-state index is 0.103. The lowest BCUT2D eigenvalue weighted by Crippen LogP contribution is -2.45. The number of nitrogens with zero attached hydrogens (tertiary/aromatic N) is 1. The fourth-order valence-corrected chi connectivity index (χ4v) is 4.46. The van der Waals surface area contributed by atoms with Crippen LogP contribution in [0.15, 0.2) is 30.5 Å². The second-order valence-corrected chi connectivity index (χ2v) is 11.0. The molecule has 1 aromatic carbocycles. The van der Waals surface area contributed by atoms with Crippen molar-refractivity contribution in [3.8, 4) is 11.3 Å². The molecule has 2 N–H and O–H groups in total. The highest BCUT2D eigenvalue weighted by Gasteiger charge is 2.34. The van der Waals surface area contributed by atoms with E-state index >= 15 is 0 Å². The third-order valence-electron chi connectivity index (χ3n) is 5.33. The fourth-order valence-electron chi connectivity index (χ4n) is 3.43. The molecule has 0 atom stereocenters. The van der Waals surface area contributed by atoms with Gasteiger partial charge in [0.15, 0.2) is 0 Å². The van der Waals surface area contributed by atoms with E-state index in [1.54, 1.807) is 33.0 Å². The van der Waals surface area contributed by atoms with Gasteiger partial charge in [-0.2, -0.15) is 13.2 Å². The lowest BCUT2D eigenvalue weighted by Gasteiger charge is -2.30. The van der Waals surface area contributed by atoms with Crippen molar-refractivity contribution in [1.29, 1.82) is 0 Å². The Hall–Kier alpha value is -1.87. The van der Waals surface area contributed by atoms with Gasteiger partial charge in [-0.15, -0.1) is 0 Å². The number of aromatic nitrogens is 2. The second-order valence-electron chi connectivity index (χ2n) is 8.53. The summed E-state index contributed by atoms with van der Waals surface area (Å²) in [5, 5.41) is 0. The van der Waals surface area contributed by atoms with Crippen LogP contribution in [0.1, 0.15) is 63.8 Å². The molecule has 1 saturated carbocycles. The number of halogens is 3. The Balaban J connectivity index is 1.66. The number of H-pyrrole nitrogens is 1. The molecule has 3 rings (SSSR count). The molecule has 0 spiro atoms. The summed E-state index contributed by atoms with van der Waals surface area (Å²) in [5.74, 6) is 0.861. The van der Waals surface area contributed by atoms with Gasteiger partial charge in [0, 0.05) is 23.7 Å². The lowest BCUT2D eigenvalue weighted by atomic mass is 9.86. The maximum atomic E-state index is 12.9. The number of benzene rings is 1. The van der Waals surface area contributed by atoms with E-state index in [2.05, 4.69) is 14.7 Å². The standard InChI is InChI=1S/C20H26F3N3O2S/c1-19(2,3)29(27,28)26-16-9-7-13(8-10-16)18-24-12-17(25-18)14-5-4-6-15(11-14)20(21,22)23/h4-6,11-13,16,26H,7-10H2,1-3H3,(H,24,25)/t13-,16-. The molecule has 160 valence electrons. The Morgan fingerprint density at radius 2 is 1.76 bits per heavy atom. The van der Waals surface area contributed by atoms with Crippen LogP contribution in [0.3, 0.4) is 0 Å². The Bertz CT molecular complexity index is 954. The van der Waals surface area contributed by atoms with Gasteiger partial charge in [0.25, 0.3) is 0 Å². The van der Waals surface area contributed by atoms with Crippen LogP contribution in [0.5, 0.6) is 0 Å². The minimum atomic E-state index is -4.39. The van der Waals surface area contributed by atoms with Gasteiger partial charge in [-0.3, -0.25) is 0 Å². The highest BCUT2D eigenvalue weighted by atomic mass is 32.2. The zero-order chi connectivity index (χ0) is 21.4. The van der Waals surface area contributed by atoms with Crippen LogP contribution in [0.4, 0.5) is 13.2 Å². The third kappa shape index (κ3) is 5.01. The van der Waals surface area contributed by atoms with E-state index in [4.69, 9.17) is 0 Å². The van der Waals surface area contributed by atoms with Gasteiger partial charge in [-0.1, -0.05) is 12.1 Å². The van der Waals surface area contributed by atoms with E-state index in [0.29, 0.717) is 24.1 Å². The van der Waals surface area contributed by atoms with Crippen molar-refractivity contribution in [2.75, 3.05) is 0 Å². The summed E-state index contributed by atoms with van der Waals surface area (Å²) in [7, 11) is -3.39. The van der Waals surface area contributed by atoms with Gasteiger partial charge in [-0.25, -0.2) is 18.1 Å². The molecule has 0 saturated heterocycles. The summed E-state index contributed by atoms with van der Waals surface area (Å²) in [5.41, 5.74) is 0.182. The third-order valence-corrected chi connectivity index (χ3v) is 7.58. The molecular formula is C20H26F3N3O2S. The summed E-state index contributed by atoms with van der Waals surface area (Å²) < 4.78 is 65.4. The van der Waals surface area contributed by atoms with E-state index in [-0.39, 0.29) is 12.0 Å². The average Bonchev–Trinajstić information content (AvgIpc) is 3.10. The second kappa shape index (κ2) is 7.75. The molecule has 2 aromatic rings. The molecule has 0 aliphatic heterocycles. The Morgan fingerprint density at radius 3 is 2.34 bits per heavy atom. The number of rotatable bonds is 4. The summed E-state index contributed by atoms with van der Waals surface area (Å²) in [6.45, 7) is 5.00. The average molecular weight is 430 g/mol. The van der Waals surface area contributed by atoms with Gasteiger partial charge in [-0.05, 0) is 58.6 Å². The van der Waals surface area contributed by atoms with Crippen LogP contribution >= 0.6 is 0 Å². The summed E-state index contributed by atoms with van der Waals surface area (Å²) in [6.07, 6.45) is 0.131. The number of hydrogen-bond donors (Lipinski definition) is 2. The first-order valence-electron chi connectivity index (χ1n) is 9.61. The van der Waals surface area contributed by atoms with Crippen molar-refractivity contribution in [1.82, 2.24) is 14.7 Å². The molecule has 0 amide bonds. The van der Waals surface area contributed by atoms with E-state index in [9.17, 15) is 21.6 Å². The Kier molecular flexibility index (Phi) is 5.84. The monoisotopic (exact) mass is 429 g/mol. The summed E-state index contributed by atoms with van der Waals surface area (Å²) in [4.78, 5) is 7.59. The number of sulfonamides is 1. The first-order valence-corrected chi connectivity index (χ1v) is 11.1. The molecule has 0 unspecified atom stereocenters. The quantitative estimate of drug-likeness (QED) is 0.730. The Labute approximate surface area is 169 Å². The van der Waals surface area contributed by atoms with Crippen LogP contribution in [0.2, 0.25) is 0 Å². The van der Waals surface area contributed by atoms with Gasteiger partial charge in [0.2, 0.25) is 10.0 Å². The van der Waals surface area contributed by atoms with Crippen molar-refractivity contribution in [2.24, 2.45) is 0 Å². The van der Waals surface area contributed by atoms with Crippen LogP contribution in [-0.4, -0.2) is 29.2 Å². The SMILES string of the molecule is CC(C)(C)S(=O)(=O)N[C@H]1CC[C@H](c2nc(-c3cccc(C(F)(F)F)c3)c[nH]2)CC1. The predicted octanol–water partition coefficient (Wildman–Crippen LogP) is 4.84. The molecule has 0 radical (unpaired) electrons. The van der Waals surface area contributed by atoms with Gasteiger partial charge < -0.3 is 4.98 Å². The number of hydrogen-bond acceptors (Lipinski definition) is 3. The molecular weight excluding hydrogens is 403 g/mol. The number of aromatic amines is 1. The van der Waals surface area contributed by atoms with Crippen LogP contribution in [-0.2, 0) is 16.2 Å². The van der Waals surface area contributed by atoms with Gasteiger partial charge >= 0.3 is 6.18 Å². The highest BCUT2D eigenvalue weighted by Crippen LogP contribution is 2.35. The molecule has 1 heterocycles.